The normalized spacial score (nSPS) is 30.1. The molecule has 7 nitrogen and oxygen atoms in total. The van der Waals surface area contributed by atoms with Gasteiger partial charge in [-0.2, -0.15) is 0 Å². The molecular weight excluding hydrogens is 821 g/mol. The number of carbonyl (C=O) groups is 3. The molecule has 4 fully saturated rings. The molecule has 0 aromatic heterocycles. The highest BCUT2D eigenvalue weighted by Gasteiger charge is 2.67. The number of hydrogen-bond donors (Lipinski definition) is 1. The Labute approximate surface area is 385 Å². The molecule has 0 saturated heterocycles. The summed E-state index contributed by atoms with van der Waals surface area (Å²) in [5, 5.41) is 25.6. The summed E-state index contributed by atoms with van der Waals surface area (Å²) in [6.07, 6.45) is 5.37. The van der Waals surface area contributed by atoms with Crippen molar-refractivity contribution in [3.63, 3.8) is 0 Å². The molecule has 0 unspecified atom stereocenters. The summed E-state index contributed by atoms with van der Waals surface area (Å²) in [4.78, 5) is 41.6. The van der Waals surface area contributed by atoms with E-state index in [1.54, 1.807) is 0 Å². The molecule has 1 N–H and O–H groups in total. The van der Waals surface area contributed by atoms with Crippen molar-refractivity contribution in [2.45, 2.75) is 96.9 Å². The Morgan fingerprint density at radius 2 is 1.17 bits per heavy atom. The van der Waals surface area contributed by atoms with E-state index in [9.17, 15) is 19.5 Å². The van der Waals surface area contributed by atoms with Crippen molar-refractivity contribution in [3.8, 4) is 0 Å². The number of benzene rings is 8. The fourth-order valence-electron chi connectivity index (χ4n) is 15.3. The van der Waals surface area contributed by atoms with Crippen molar-refractivity contribution in [3.05, 3.63) is 120 Å². The molecule has 0 amide bonds. The number of rotatable bonds is 8. The number of methoxy groups -OCH3 is 1. The second kappa shape index (κ2) is 15.4. The van der Waals surface area contributed by atoms with E-state index in [-0.39, 0.29) is 64.9 Å². The molecule has 7 heteroatoms. The maximum absolute atomic E-state index is 15.0. The number of carbonyl (C=O) groups excluding carboxylic acids is 3. The summed E-state index contributed by atoms with van der Waals surface area (Å²) in [6.45, 7) is 6.99. The van der Waals surface area contributed by atoms with Gasteiger partial charge in [0.15, 0.2) is 0 Å². The Morgan fingerprint density at radius 1 is 0.636 bits per heavy atom. The molecule has 4 saturated carbocycles. The lowest BCUT2D eigenvalue weighted by Crippen LogP contribution is -2.63. The summed E-state index contributed by atoms with van der Waals surface area (Å²) in [6, 6.07) is 37.5. The zero-order chi connectivity index (χ0) is 45.2. The average molecular weight is 879 g/mol. The van der Waals surface area contributed by atoms with Crippen LogP contribution in [-0.4, -0.2) is 48.4 Å². The predicted molar refractivity (Wildman–Crippen MR) is 261 cm³/mol. The van der Waals surface area contributed by atoms with Gasteiger partial charge < -0.3 is 19.3 Å². The van der Waals surface area contributed by atoms with Crippen LogP contribution in [0.4, 0.5) is 0 Å². The zero-order valence-corrected chi connectivity index (χ0v) is 38.3. The lowest BCUT2D eigenvalue weighted by atomic mass is 9.43. The highest BCUT2D eigenvalue weighted by molar-refractivity contribution is 6.27. The highest BCUT2D eigenvalue weighted by Crippen LogP contribution is 2.69. The summed E-state index contributed by atoms with van der Waals surface area (Å²) >= 11 is 0. The van der Waals surface area contributed by atoms with Crippen LogP contribution in [0.5, 0.6) is 0 Å². The number of aliphatic hydroxyl groups excluding tert-OH is 1. The second-order valence-electron chi connectivity index (χ2n) is 21.3. The first-order valence-corrected chi connectivity index (χ1v) is 24.5. The van der Waals surface area contributed by atoms with Crippen LogP contribution in [0.3, 0.4) is 0 Å². The monoisotopic (exact) mass is 878 g/mol. The van der Waals surface area contributed by atoms with Crippen LogP contribution in [0.25, 0.3) is 64.6 Å². The summed E-state index contributed by atoms with van der Waals surface area (Å²) in [5.41, 5.74) is 0.618. The maximum atomic E-state index is 15.0. The first-order chi connectivity index (χ1) is 32.0. The fourth-order valence-corrected chi connectivity index (χ4v) is 15.3. The maximum Gasteiger partial charge on any atom is 0.339 e. The van der Waals surface area contributed by atoms with Crippen LogP contribution in [0.1, 0.15) is 99.3 Å². The van der Waals surface area contributed by atoms with Gasteiger partial charge in [-0.1, -0.05) is 118 Å². The minimum Gasteiger partial charge on any atom is -0.469 e. The number of aliphatic hydroxyl groups is 1. The molecule has 4 aliphatic rings. The first-order valence-electron chi connectivity index (χ1n) is 24.5. The van der Waals surface area contributed by atoms with Crippen molar-refractivity contribution >= 4 is 82.5 Å². The van der Waals surface area contributed by atoms with E-state index in [0.29, 0.717) is 43.2 Å². The van der Waals surface area contributed by atoms with Crippen molar-refractivity contribution < 1.29 is 33.7 Å². The van der Waals surface area contributed by atoms with Gasteiger partial charge in [-0.25, -0.2) is 9.59 Å². The average Bonchev–Trinajstić information content (AvgIpc) is 3.70. The van der Waals surface area contributed by atoms with Gasteiger partial charge in [0.1, 0.15) is 12.2 Å². The van der Waals surface area contributed by atoms with Gasteiger partial charge in [0, 0.05) is 11.8 Å². The largest absolute Gasteiger partial charge is 0.469 e. The Hall–Kier alpha value is -5.79. The lowest BCUT2D eigenvalue weighted by Gasteiger charge is -2.64. The predicted octanol–water partition coefficient (Wildman–Crippen LogP) is 13.1. The van der Waals surface area contributed by atoms with Crippen LogP contribution >= 0.6 is 0 Å². The second-order valence-corrected chi connectivity index (χ2v) is 21.3. The van der Waals surface area contributed by atoms with Crippen molar-refractivity contribution in [2.75, 3.05) is 7.11 Å². The molecule has 0 heterocycles. The molecule has 8 aromatic rings. The number of ether oxygens (including phenoxy) is 3. The third-order valence-electron chi connectivity index (χ3n) is 18.5. The van der Waals surface area contributed by atoms with Gasteiger partial charge in [-0.3, -0.25) is 4.79 Å². The summed E-state index contributed by atoms with van der Waals surface area (Å²) in [7, 11) is 1.44. The van der Waals surface area contributed by atoms with E-state index < -0.39 is 17.6 Å². The molecule has 0 radical (unpaired) electrons. The van der Waals surface area contributed by atoms with E-state index in [1.807, 2.05) is 18.2 Å². The van der Waals surface area contributed by atoms with Gasteiger partial charge in [0.2, 0.25) is 0 Å². The van der Waals surface area contributed by atoms with Crippen LogP contribution in [0, 0.1) is 46.3 Å². The quantitative estimate of drug-likeness (QED) is 0.0922. The SMILES string of the molecule is COC(=O)CC[C@@H](C)[C@H]1CC[C@H]2[C@@H]3[C@H](O)C[C@@H]4C[C@H](OC(=O)c5ccc6ccc7cccc8ccc5c6c78)CC[C@]4(C)[C@H]3C[C@H](OC(=O)c3ccc4ccc5cccc6ccc3c4c56)[C@]12C. The van der Waals surface area contributed by atoms with E-state index >= 15 is 0 Å². The Morgan fingerprint density at radius 3 is 1.74 bits per heavy atom. The minimum absolute atomic E-state index is 0.0508. The van der Waals surface area contributed by atoms with Crippen LogP contribution in [0.2, 0.25) is 0 Å². The number of hydrogen-bond acceptors (Lipinski definition) is 7. The topological polar surface area (TPSA) is 99.1 Å². The first kappa shape index (κ1) is 41.6. The third-order valence-corrected chi connectivity index (χ3v) is 18.5. The third kappa shape index (κ3) is 6.14. The van der Waals surface area contributed by atoms with Gasteiger partial charge in [-0.05, 0) is 169 Å². The van der Waals surface area contributed by atoms with Crippen molar-refractivity contribution in [2.24, 2.45) is 46.3 Å². The van der Waals surface area contributed by atoms with Gasteiger partial charge >= 0.3 is 17.9 Å². The van der Waals surface area contributed by atoms with Crippen LogP contribution in [-0.2, 0) is 19.0 Å². The fraction of sp³-hybridized carbons (Fsp3) is 0.407. The Bertz CT molecular complexity index is 3190. The number of fused-ring (bicyclic) bond motifs is 5. The standard InChI is InChI=1S/C59H58O7/c1-32(11-26-50(61)64-4)45-24-25-46-55-47(31-49(59(45,46)3)66-57(63)44-23-19-38-15-13-34-8-6-10-36-17-21-42(44)54(38)52(34)36)58(2)28-27-40(29-39(58)30-48(55)60)65-56(62)43-22-18-37-14-12-33-7-5-9-35-16-20-41(43)53(37)51(33)35/h5-10,12-23,32,39-40,45-49,55,60H,11,24-31H2,1-4H3/t32-,39+,40-,45-,46+,47+,48-,49+,55+,58+,59-/m1/s1. The Kier molecular flexibility index (Phi) is 9.70. The van der Waals surface area contributed by atoms with Crippen molar-refractivity contribution in [1.82, 2.24) is 0 Å². The van der Waals surface area contributed by atoms with E-state index in [4.69, 9.17) is 14.2 Å². The zero-order valence-electron chi connectivity index (χ0n) is 38.3. The molecule has 0 spiro atoms. The van der Waals surface area contributed by atoms with E-state index in [0.717, 1.165) is 84.9 Å². The Balaban J connectivity index is 0.854. The van der Waals surface area contributed by atoms with E-state index in [1.165, 1.54) is 12.5 Å². The van der Waals surface area contributed by atoms with Gasteiger partial charge in [0.05, 0.1) is 24.3 Å². The molecule has 336 valence electrons. The van der Waals surface area contributed by atoms with E-state index in [2.05, 4.69) is 112 Å². The molecule has 0 bridgehead atoms. The van der Waals surface area contributed by atoms with Crippen molar-refractivity contribution in [1.29, 1.82) is 0 Å². The minimum atomic E-state index is -0.525. The van der Waals surface area contributed by atoms with Gasteiger partial charge in [-0.15, -0.1) is 0 Å². The summed E-state index contributed by atoms with van der Waals surface area (Å²) in [5.74, 6) is 0.0209. The highest BCUT2D eigenvalue weighted by atomic mass is 16.5. The smallest absolute Gasteiger partial charge is 0.339 e. The lowest BCUT2D eigenvalue weighted by molar-refractivity contribution is -0.207. The molecule has 12 rings (SSSR count). The molecule has 4 aliphatic carbocycles. The van der Waals surface area contributed by atoms with Crippen LogP contribution < -0.4 is 0 Å². The van der Waals surface area contributed by atoms with Gasteiger partial charge in [0.25, 0.3) is 0 Å². The molecule has 0 aliphatic heterocycles. The number of esters is 3. The van der Waals surface area contributed by atoms with Crippen LogP contribution in [0.15, 0.2) is 109 Å². The molecular formula is C59H58O7. The molecule has 66 heavy (non-hydrogen) atoms. The summed E-state index contributed by atoms with van der Waals surface area (Å²) < 4.78 is 18.6. The molecule has 11 atom stereocenters. The molecule has 8 aromatic carbocycles.